The number of fused-ring (bicyclic) bond motifs is 1. The number of benzene rings is 2. The Labute approximate surface area is 166 Å². The highest BCUT2D eigenvalue weighted by Crippen LogP contribution is 2.30. The summed E-state index contributed by atoms with van der Waals surface area (Å²) >= 11 is 6.16. The number of carbonyl (C=O) groups is 3. The van der Waals surface area contributed by atoms with Crippen molar-refractivity contribution in [3.63, 3.8) is 0 Å². The Balaban J connectivity index is 1.77. The highest BCUT2D eigenvalue weighted by Gasteiger charge is 2.29. The van der Waals surface area contributed by atoms with Gasteiger partial charge in [-0.05, 0) is 54.3 Å². The van der Waals surface area contributed by atoms with Crippen molar-refractivity contribution in [1.29, 1.82) is 0 Å². The summed E-state index contributed by atoms with van der Waals surface area (Å²) in [6.07, 6.45) is 2.31. The van der Waals surface area contributed by atoms with E-state index in [1.54, 1.807) is 36.4 Å². The molecule has 8 heteroatoms. The molecule has 0 saturated heterocycles. The molecule has 0 saturated carbocycles. The molecule has 1 atom stereocenters. The lowest BCUT2D eigenvalue weighted by Gasteiger charge is -2.22. The second kappa shape index (κ2) is 8.22. The molecule has 3 rings (SSSR count). The van der Waals surface area contributed by atoms with Crippen molar-refractivity contribution in [2.24, 2.45) is 16.9 Å². The second-order valence-electron chi connectivity index (χ2n) is 6.54. The predicted octanol–water partition coefficient (Wildman–Crippen LogP) is 3.10. The van der Waals surface area contributed by atoms with Crippen LogP contribution in [0.1, 0.15) is 44.7 Å². The lowest BCUT2D eigenvalue weighted by atomic mass is 9.81. The maximum absolute atomic E-state index is 12.5. The summed E-state index contributed by atoms with van der Waals surface area (Å²) in [6, 6.07) is 9.83. The molecule has 0 aliphatic heterocycles. The van der Waals surface area contributed by atoms with E-state index in [9.17, 15) is 14.4 Å². The first-order valence-electron chi connectivity index (χ1n) is 8.62. The van der Waals surface area contributed by atoms with Crippen molar-refractivity contribution in [3.8, 4) is 0 Å². The zero-order chi connectivity index (χ0) is 20.3. The fourth-order valence-corrected chi connectivity index (χ4v) is 3.56. The maximum atomic E-state index is 12.5. The van der Waals surface area contributed by atoms with E-state index < -0.39 is 11.9 Å². The van der Waals surface area contributed by atoms with Gasteiger partial charge in [0, 0.05) is 17.2 Å². The van der Waals surface area contributed by atoms with Gasteiger partial charge in [0.15, 0.2) is 5.78 Å². The lowest BCUT2D eigenvalue weighted by molar-refractivity contribution is -0.137. The minimum absolute atomic E-state index is 0.165. The topological polar surface area (TPSA) is 122 Å². The van der Waals surface area contributed by atoms with Gasteiger partial charge in [-0.3, -0.25) is 14.4 Å². The number of aliphatic carboxylic acids is 1. The zero-order valence-electron chi connectivity index (χ0n) is 14.8. The van der Waals surface area contributed by atoms with E-state index in [0.29, 0.717) is 35.2 Å². The molecule has 144 valence electrons. The van der Waals surface area contributed by atoms with Crippen molar-refractivity contribution in [2.75, 3.05) is 5.32 Å². The molecule has 28 heavy (non-hydrogen) atoms. The zero-order valence-corrected chi connectivity index (χ0v) is 15.6. The quantitative estimate of drug-likeness (QED) is 0.405. The van der Waals surface area contributed by atoms with E-state index in [1.807, 2.05) is 0 Å². The molecule has 1 aliphatic carbocycles. The van der Waals surface area contributed by atoms with Crippen LogP contribution in [0.25, 0.3) is 0 Å². The molecule has 0 heterocycles. The molecule has 0 bridgehead atoms. The summed E-state index contributed by atoms with van der Waals surface area (Å²) in [5.74, 6) is 3.07. The van der Waals surface area contributed by atoms with Gasteiger partial charge >= 0.3 is 5.97 Å². The number of hydrazone groups is 1. The predicted molar refractivity (Wildman–Crippen MR) is 106 cm³/mol. The number of aryl methyl sites for hydroxylation is 1. The van der Waals surface area contributed by atoms with Gasteiger partial charge in [0.05, 0.1) is 23.2 Å². The van der Waals surface area contributed by atoms with Gasteiger partial charge in [0.2, 0.25) is 0 Å². The van der Waals surface area contributed by atoms with E-state index in [-0.39, 0.29) is 23.1 Å². The van der Waals surface area contributed by atoms with Crippen LogP contribution in [0, 0.1) is 5.92 Å². The van der Waals surface area contributed by atoms with Crippen molar-refractivity contribution in [1.82, 2.24) is 0 Å². The summed E-state index contributed by atoms with van der Waals surface area (Å²) in [4.78, 5) is 35.9. The van der Waals surface area contributed by atoms with Gasteiger partial charge in [0.1, 0.15) is 0 Å². The van der Waals surface area contributed by atoms with E-state index in [2.05, 4.69) is 10.4 Å². The number of halogens is 1. The Morgan fingerprint density at radius 3 is 2.75 bits per heavy atom. The number of anilines is 1. The van der Waals surface area contributed by atoms with Gasteiger partial charge < -0.3 is 16.3 Å². The van der Waals surface area contributed by atoms with E-state index in [0.717, 1.165) is 5.56 Å². The first-order valence-corrected chi connectivity index (χ1v) is 9.00. The smallest absolute Gasteiger partial charge is 0.304 e. The van der Waals surface area contributed by atoms with Crippen LogP contribution in [-0.2, 0) is 11.2 Å². The van der Waals surface area contributed by atoms with Crippen molar-refractivity contribution < 1.29 is 19.5 Å². The lowest BCUT2D eigenvalue weighted by Crippen LogP contribution is -2.25. The van der Waals surface area contributed by atoms with Crippen LogP contribution in [0.3, 0.4) is 0 Å². The van der Waals surface area contributed by atoms with Gasteiger partial charge in [-0.25, -0.2) is 0 Å². The minimum atomic E-state index is -0.980. The highest BCUT2D eigenvalue weighted by molar-refractivity contribution is 6.34. The fourth-order valence-electron chi connectivity index (χ4n) is 3.29. The van der Waals surface area contributed by atoms with E-state index in [1.165, 1.54) is 6.21 Å². The summed E-state index contributed by atoms with van der Waals surface area (Å²) < 4.78 is 0. The standard InChI is InChI=1S/C20H18ClN3O4/c21-17-7-11(10-23-22)1-5-16(17)20(28)24-14-4-6-15-12(8-14)2-3-13(19(15)27)9-18(25)26/h1,4-8,10,13H,2-3,9,22H2,(H,24,28)(H,25,26)/b23-10-. The molecule has 4 N–H and O–H groups in total. The first-order chi connectivity index (χ1) is 13.4. The van der Waals surface area contributed by atoms with Crippen molar-refractivity contribution in [3.05, 3.63) is 63.7 Å². The van der Waals surface area contributed by atoms with Gasteiger partial charge in [-0.1, -0.05) is 17.7 Å². The van der Waals surface area contributed by atoms with Gasteiger partial charge in [-0.2, -0.15) is 5.10 Å². The third-order valence-electron chi connectivity index (χ3n) is 4.64. The molecule has 0 radical (unpaired) electrons. The van der Waals surface area contributed by atoms with E-state index in [4.69, 9.17) is 22.6 Å². The monoisotopic (exact) mass is 399 g/mol. The molecule has 0 spiro atoms. The van der Waals surface area contributed by atoms with Crippen LogP contribution < -0.4 is 11.2 Å². The maximum Gasteiger partial charge on any atom is 0.304 e. The third kappa shape index (κ3) is 4.20. The van der Waals surface area contributed by atoms with Gasteiger partial charge in [0.25, 0.3) is 5.91 Å². The Bertz CT molecular complexity index is 987. The molecule has 2 aromatic carbocycles. The number of Topliss-reactive ketones (excluding diaryl/α,β-unsaturated/α-hetero) is 1. The molecular weight excluding hydrogens is 382 g/mol. The summed E-state index contributed by atoms with van der Waals surface area (Å²) in [5, 5.41) is 15.4. The van der Waals surface area contributed by atoms with Crippen LogP contribution in [0.2, 0.25) is 5.02 Å². The van der Waals surface area contributed by atoms with Crippen molar-refractivity contribution >= 4 is 41.2 Å². The number of hydrogen-bond donors (Lipinski definition) is 3. The minimum Gasteiger partial charge on any atom is -0.481 e. The molecule has 1 unspecified atom stereocenters. The number of ketones is 1. The Kier molecular flexibility index (Phi) is 5.75. The number of nitrogens with one attached hydrogen (secondary N) is 1. The summed E-state index contributed by atoms with van der Waals surface area (Å²) in [7, 11) is 0. The normalized spacial score (nSPS) is 16.0. The van der Waals surface area contributed by atoms with Crippen LogP contribution in [0.4, 0.5) is 5.69 Å². The van der Waals surface area contributed by atoms with Crippen LogP contribution in [0.5, 0.6) is 0 Å². The van der Waals surface area contributed by atoms with Crippen molar-refractivity contribution in [2.45, 2.75) is 19.3 Å². The molecule has 7 nitrogen and oxygen atoms in total. The molecule has 1 aliphatic rings. The number of nitrogens with two attached hydrogens (primary N) is 1. The Hall–Kier alpha value is -3.19. The number of carboxylic acid groups (broad SMARTS) is 1. The number of carboxylic acids is 1. The van der Waals surface area contributed by atoms with Crippen LogP contribution in [0.15, 0.2) is 41.5 Å². The van der Waals surface area contributed by atoms with E-state index >= 15 is 0 Å². The summed E-state index contributed by atoms with van der Waals surface area (Å²) in [5.41, 5.74) is 2.82. The third-order valence-corrected chi connectivity index (χ3v) is 4.96. The fraction of sp³-hybridized carbons (Fsp3) is 0.200. The van der Waals surface area contributed by atoms with Crippen LogP contribution >= 0.6 is 11.6 Å². The average molecular weight is 400 g/mol. The average Bonchev–Trinajstić information content (AvgIpc) is 2.64. The second-order valence-corrected chi connectivity index (χ2v) is 6.95. The molecule has 0 aromatic heterocycles. The Morgan fingerprint density at radius 1 is 1.29 bits per heavy atom. The first kappa shape index (κ1) is 19.6. The molecule has 2 aromatic rings. The summed E-state index contributed by atoms with van der Waals surface area (Å²) in [6.45, 7) is 0. The van der Waals surface area contributed by atoms with Gasteiger partial charge in [-0.15, -0.1) is 0 Å². The molecular formula is C20H18ClN3O4. The van der Waals surface area contributed by atoms with Crippen LogP contribution in [-0.4, -0.2) is 29.0 Å². The number of carbonyl (C=O) groups excluding carboxylic acids is 2. The number of hydrogen-bond acceptors (Lipinski definition) is 5. The number of rotatable bonds is 5. The largest absolute Gasteiger partial charge is 0.481 e. The Morgan fingerprint density at radius 2 is 2.07 bits per heavy atom. The molecule has 0 fully saturated rings. The number of nitrogens with zero attached hydrogens (tertiary/aromatic N) is 1. The number of amides is 1. The molecule has 1 amide bonds. The highest BCUT2D eigenvalue weighted by atomic mass is 35.5. The SMILES string of the molecule is N/N=C\c1ccc(C(=O)Nc2ccc3c(c2)CCC(CC(=O)O)C3=O)c(Cl)c1.